The molecule has 94 valence electrons. The summed E-state index contributed by atoms with van der Waals surface area (Å²) in [5, 5.41) is 3.67. The van der Waals surface area contributed by atoms with Gasteiger partial charge in [0.2, 0.25) is 0 Å². The van der Waals surface area contributed by atoms with Gasteiger partial charge < -0.3 is 5.32 Å². The number of anilines is 1. The first-order chi connectivity index (χ1) is 8.15. The largest absolute Gasteiger partial charge is 0.378 e. The van der Waals surface area contributed by atoms with Crippen LogP contribution in [0.2, 0.25) is 0 Å². The van der Waals surface area contributed by atoms with E-state index in [1.165, 1.54) is 30.5 Å². The minimum Gasteiger partial charge on any atom is -0.378 e. The van der Waals surface area contributed by atoms with E-state index in [4.69, 9.17) is 11.6 Å². The van der Waals surface area contributed by atoms with Crippen molar-refractivity contribution in [1.29, 1.82) is 0 Å². The lowest BCUT2D eigenvalue weighted by atomic mass is 9.77. The fraction of sp³-hybridized carbons (Fsp3) is 0.643. The Kier molecular flexibility index (Phi) is 3.93. The number of halogens is 1. The van der Waals surface area contributed by atoms with E-state index in [9.17, 15) is 0 Å². The molecule has 2 atom stereocenters. The van der Waals surface area contributed by atoms with E-state index in [2.05, 4.69) is 24.1 Å². The van der Waals surface area contributed by atoms with Crippen molar-refractivity contribution in [2.75, 3.05) is 11.2 Å². The number of aromatic nitrogens is 1. The molecule has 0 aromatic carbocycles. The summed E-state index contributed by atoms with van der Waals surface area (Å²) in [6.07, 6.45) is 8.67. The zero-order valence-corrected chi connectivity index (χ0v) is 11.4. The van der Waals surface area contributed by atoms with Gasteiger partial charge in [0.15, 0.2) is 0 Å². The molecule has 0 radical (unpaired) electrons. The second kappa shape index (κ2) is 5.26. The van der Waals surface area contributed by atoms with Gasteiger partial charge in [-0.15, -0.1) is 11.6 Å². The van der Waals surface area contributed by atoms with Crippen molar-refractivity contribution >= 4 is 17.3 Å². The van der Waals surface area contributed by atoms with E-state index in [1.54, 1.807) is 0 Å². The SMILES string of the molecule is Cc1cnccc1NC1(CCl)CCCC(C)C1. The Balaban J connectivity index is 2.17. The Morgan fingerprint density at radius 2 is 2.41 bits per heavy atom. The van der Waals surface area contributed by atoms with E-state index in [-0.39, 0.29) is 5.54 Å². The highest BCUT2D eigenvalue weighted by molar-refractivity contribution is 6.18. The molecular formula is C14H21ClN2. The van der Waals surface area contributed by atoms with Gasteiger partial charge in [0.1, 0.15) is 0 Å². The van der Waals surface area contributed by atoms with Gasteiger partial charge in [-0.1, -0.05) is 19.8 Å². The molecule has 1 aliphatic rings. The van der Waals surface area contributed by atoms with Gasteiger partial charge in [0, 0.05) is 24.0 Å². The highest BCUT2D eigenvalue weighted by Crippen LogP contribution is 2.36. The molecule has 2 unspecified atom stereocenters. The maximum Gasteiger partial charge on any atom is 0.0511 e. The standard InChI is InChI=1S/C14H21ClN2/c1-11-4-3-6-14(8-11,10-15)17-13-5-7-16-9-12(13)2/h5,7,9,11H,3-4,6,8,10H2,1-2H3,(H,16,17). The highest BCUT2D eigenvalue weighted by Gasteiger charge is 2.34. The average Bonchev–Trinajstić information content (AvgIpc) is 2.32. The van der Waals surface area contributed by atoms with Gasteiger partial charge in [-0.3, -0.25) is 4.98 Å². The molecule has 0 spiro atoms. The first-order valence-electron chi connectivity index (χ1n) is 6.40. The molecule has 1 saturated carbocycles. The number of alkyl halides is 1. The summed E-state index contributed by atoms with van der Waals surface area (Å²) in [6, 6.07) is 2.04. The monoisotopic (exact) mass is 252 g/mol. The quantitative estimate of drug-likeness (QED) is 0.823. The van der Waals surface area contributed by atoms with Crippen molar-refractivity contribution in [3.05, 3.63) is 24.0 Å². The predicted molar refractivity (Wildman–Crippen MR) is 73.7 cm³/mol. The van der Waals surface area contributed by atoms with Crippen LogP contribution < -0.4 is 5.32 Å². The van der Waals surface area contributed by atoms with Crippen LogP contribution in [-0.4, -0.2) is 16.4 Å². The van der Waals surface area contributed by atoms with Crippen molar-refractivity contribution in [1.82, 2.24) is 4.98 Å². The van der Waals surface area contributed by atoms with Crippen LogP contribution in [0.25, 0.3) is 0 Å². The van der Waals surface area contributed by atoms with Crippen LogP contribution >= 0.6 is 11.6 Å². The molecule has 1 aliphatic carbocycles. The lowest BCUT2D eigenvalue weighted by molar-refractivity contribution is 0.279. The van der Waals surface area contributed by atoms with Crippen LogP contribution in [0.4, 0.5) is 5.69 Å². The summed E-state index contributed by atoms with van der Waals surface area (Å²) in [7, 11) is 0. The fourth-order valence-corrected chi connectivity index (χ4v) is 3.14. The van der Waals surface area contributed by atoms with Crippen molar-refractivity contribution in [2.45, 2.75) is 45.1 Å². The summed E-state index contributed by atoms with van der Waals surface area (Å²) < 4.78 is 0. The number of nitrogens with one attached hydrogen (secondary N) is 1. The molecule has 1 aromatic heterocycles. The van der Waals surface area contributed by atoms with Gasteiger partial charge in [0.25, 0.3) is 0 Å². The van der Waals surface area contributed by atoms with E-state index in [0.29, 0.717) is 5.88 Å². The third kappa shape index (κ3) is 2.92. The van der Waals surface area contributed by atoms with Gasteiger partial charge in [0.05, 0.1) is 5.54 Å². The van der Waals surface area contributed by atoms with Crippen LogP contribution in [0.1, 0.15) is 38.2 Å². The number of aryl methyl sites for hydroxylation is 1. The molecule has 3 heteroatoms. The van der Waals surface area contributed by atoms with Crippen LogP contribution in [-0.2, 0) is 0 Å². The molecule has 2 rings (SSSR count). The van der Waals surface area contributed by atoms with Crippen molar-refractivity contribution in [3.63, 3.8) is 0 Å². The predicted octanol–water partition coefficient (Wildman–Crippen LogP) is 3.99. The van der Waals surface area contributed by atoms with Crippen molar-refractivity contribution in [2.24, 2.45) is 5.92 Å². The van der Waals surface area contributed by atoms with Gasteiger partial charge in [-0.2, -0.15) is 0 Å². The Morgan fingerprint density at radius 1 is 1.59 bits per heavy atom. The number of hydrogen-bond acceptors (Lipinski definition) is 2. The van der Waals surface area contributed by atoms with Gasteiger partial charge in [-0.25, -0.2) is 0 Å². The lowest BCUT2D eigenvalue weighted by Crippen LogP contribution is -2.44. The number of rotatable bonds is 3. The van der Waals surface area contributed by atoms with Gasteiger partial charge >= 0.3 is 0 Å². The first kappa shape index (κ1) is 12.7. The third-order valence-electron chi connectivity index (χ3n) is 3.77. The molecule has 0 aliphatic heterocycles. The molecular weight excluding hydrogens is 232 g/mol. The van der Waals surface area contributed by atoms with Crippen LogP contribution in [0.5, 0.6) is 0 Å². The van der Waals surface area contributed by atoms with E-state index in [0.717, 1.165) is 12.3 Å². The minimum absolute atomic E-state index is 0.0747. The smallest absolute Gasteiger partial charge is 0.0511 e. The van der Waals surface area contributed by atoms with E-state index >= 15 is 0 Å². The van der Waals surface area contributed by atoms with Crippen LogP contribution in [0.15, 0.2) is 18.5 Å². The number of hydrogen-bond donors (Lipinski definition) is 1. The Bertz CT molecular complexity index is 380. The number of nitrogens with zero attached hydrogens (tertiary/aromatic N) is 1. The third-order valence-corrected chi connectivity index (χ3v) is 4.28. The summed E-state index contributed by atoms with van der Waals surface area (Å²) in [5.41, 5.74) is 2.44. The zero-order chi connectivity index (χ0) is 12.3. The van der Waals surface area contributed by atoms with Crippen LogP contribution in [0, 0.1) is 12.8 Å². The molecule has 1 N–H and O–H groups in total. The molecule has 1 fully saturated rings. The Labute approximate surface area is 109 Å². The fourth-order valence-electron chi connectivity index (χ4n) is 2.83. The van der Waals surface area contributed by atoms with Crippen molar-refractivity contribution in [3.8, 4) is 0 Å². The zero-order valence-electron chi connectivity index (χ0n) is 10.7. The molecule has 1 aromatic rings. The Morgan fingerprint density at radius 3 is 3.06 bits per heavy atom. The summed E-state index contributed by atoms with van der Waals surface area (Å²) >= 11 is 6.23. The normalized spacial score (nSPS) is 29.0. The molecule has 1 heterocycles. The lowest BCUT2D eigenvalue weighted by Gasteiger charge is -2.40. The van der Waals surface area contributed by atoms with E-state index in [1.807, 2.05) is 18.5 Å². The summed E-state index contributed by atoms with van der Waals surface area (Å²) in [5.74, 6) is 1.44. The average molecular weight is 253 g/mol. The second-order valence-corrected chi connectivity index (χ2v) is 5.70. The van der Waals surface area contributed by atoms with Gasteiger partial charge in [-0.05, 0) is 37.3 Å². The molecule has 2 nitrogen and oxygen atoms in total. The highest BCUT2D eigenvalue weighted by atomic mass is 35.5. The molecule has 0 saturated heterocycles. The van der Waals surface area contributed by atoms with E-state index < -0.39 is 0 Å². The molecule has 0 bridgehead atoms. The topological polar surface area (TPSA) is 24.9 Å². The molecule has 17 heavy (non-hydrogen) atoms. The minimum atomic E-state index is 0.0747. The number of pyridine rings is 1. The van der Waals surface area contributed by atoms with Crippen LogP contribution in [0.3, 0.4) is 0 Å². The maximum absolute atomic E-state index is 6.23. The Hall–Kier alpha value is -0.760. The first-order valence-corrected chi connectivity index (χ1v) is 6.93. The summed E-state index contributed by atoms with van der Waals surface area (Å²) in [4.78, 5) is 4.13. The van der Waals surface area contributed by atoms with Crippen molar-refractivity contribution < 1.29 is 0 Å². The maximum atomic E-state index is 6.23. The molecule has 0 amide bonds. The summed E-state index contributed by atoms with van der Waals surface area (Å²) in [6.45, 7) is 4.41. The second-order valence-electron chi connectivity index (χ2n) is 5.43.